The molecule has 1 atom stereocenters. The first-order chi connectivity index (χ1) is 14.7. The molecular formula is C22H32F3IN4O2. The third-order valence-corrected chi connectivity index (χ3v) is 5.93. The summed E-state index contributed by atoms with van der Waals surface area (Å²) in [4.78, 5) is 18.0. The average Bonchev–Trinajstić information content (AvgIpc) is 3.16. The predicted molar refractivity (Wildman–Crippen MR) is 128 cm³/mol. The maximum atomic E-state index is 13.0. The number of hydrogen-bond donors (Lipinski definition) is 2. The average molecular weight is 568 g/mol. The Kier molecular flexibility index (Phi) is 9.62. The quantitative estimate of drug-likeness (QED) is 0.321. The van der Waals surface area contributed by atoms with Crippen LogP contribution in [0.25, 0.3) is 0 Å². The Bertz CT molecular complexity index is 796. The van der Waals surface area contributed by atoms with Crippen molar-refractivity contribution in [1.29, 1.82) is 0 Å². The first-order valence-corrected chi connectivity index (χ1v) is 10.7. The number of halogens is 4. The molecule has 1 aromatic carbocycles. The number of ether oxygens (including phenoxy) is 1. The fraction of sp³-hybridized carbons (Fsp3) is 0.636. The van der Waals surface area contributed by atoms with Crippen LogP contribution in [0.4, 0.5) is 13.2 Å². The van der Waals surface area contributed by atoms with Crippen LogP contribution in [0.5, 0.6) is 0 Å². The van der Waals surface area contributed by atoms with Crippen molar-refractivity contribution in [3.05, 3.63) is 35.4 Å². The van der Waals surface area contributed by atoms with Gasteiger partial charge in [-0.25, -0.2) is 4.99 Å². The number of aliphatic imine (C=N–C) groups is 1. The Labute approximate surface area is 204 Å². The van der Waals surface area contributed by atoms with Crippen molar-refractivity contribution in [1.82, 2.24) is 15.5 Å². The van der Waals surface area contributed by atoms with E-state index in [1.807, 2.05) is 0 Å². The highest BCUT2D eigenvalue weighted by Gasteiger charge is 2.40. The van der Waals surface area contributed by atoms with Crippen LogP contribution in [0.2, 0.25) is 0 Å². The Hall–Kier alpha value is -1.56. The molecule has 0 radical (unpaired) electrons. The second-order valence-corrected chi connectivity index (χ2v) is 8.58. The lowest BCUT2D eigenvalue weighted by Gasteiger charge is -2.39. The molecule has 3 rings (SSSR count). The monoisotopic (exact) mass is 568 g/mol. The van der Waals surface area contributed by atoms with Gasteiger partial charge in [0.1, 0.15) is 0 Å². The van der Waals surface area contributed by atoms with Gasteiger partial charge in [0, 0.05) is 26.7 Å². The number of hydrogen-bond acceptors (Lipinski definition) is 3. The highest BCUT2D eigenvalue weighted by molar-refractivity contribution is 14.0. The molecule has 0 bridgehead atoms. The normalized spacial score (nSPS) is 20.5. The highest BCUT2D eigenvalue weighted by atomic mass is 127. The lowest BCUT2D eigenvalue weighted by Crippen LogP contribution is -2.51. The van der Waals surface area contributed by atoms with E-state index < -0.39 is 11.7 Å². The molecule has 1 amide bonds. The second kappa shape index (κ2) is 11.5. The van der Waals surface area contributed by atoms with Crippen molar-refractivity contribution in [2.45, 2.75) is 62.9 Å². The zero-order valence-electron chi connectivity index (χ0n) is 18.5. The molecule has 1 heterocycles. The molecule has 2 fully saturated rings. The van der Waals surface area contributed by atoms with E-state index in [4.69, 9.17) is 4.74 Å². The molecule has 1 spiro atoms. The van der Waals surface area contributed by atoms with Gasteiger partial charge in [-0.15, -0.1) is 24.0 Å². The van der Waals surface area contributed by atoms with E-state index in [0.29, 0.717) is 18.1 Å². The summed E-state index contributed by atoms with van der Waals surface area (Å²) in [5.74, 6) is 0.306. The zero-order chi connectivity index (χ0) is 22.5. The van der Waals surface area contributed by atoms with Crippen molar-refractivity contribution >= 4 is 35.8 Å². The summed E-state index contributed by atoms with van der Waals surface area (Å²) in [5.41, 5.74) is -0.325. The number of benzene rings is 1. The molecule has 1 aliphatic carbocycles. The van der Waals surface area contributed by atoms with E-state index in [0.717, 1.165) is 37.8 Å². The summed E-state index contributed by atoms with van der Waals surface area (Å²) < 4.78 is 45.0. The van der Waals surface area contributed by atoms with Crippen molar-refractivity contribution in [3.63, 3.8) is 0 Å². The molecule has 1 unspecified atom stereocenters. The fourth-order valence-corrected chi connectivity index (χ4v) is 4.20. The molecule has 32 heavy (non-hydrogen) atoms. The fourth-order valence-electron chi connectivity index (χ4n) is 4.20. The van der Waals surface area contributed by atoms with Gasteiger partial charge in [-0.3, -0.25) is 4.79 Å². The van der Waals surface area contributed by atoms with Crippen molar-refractivity contribution in [2.75, 3.05) is 27.2 Å². The first kappa shape index (κ1) is 26.7. The minimum atomic E-state index is -4.39. The van der Waals surface area contributed by atoms with Gasteiger partial charge in [-0.05, 0) is 43.4 Å². The Morgan fingerprint density at radius 3 is 2.66 bits per heavy atom. The smallest absolute Gasteiger partial charge is 0.375 e. The zero-order valence-corrected chi connectivity index (χ0v) is 20.8. The van der Waals surface area contributed by atoms with Crippen molar-refractivity contribution < 1.29 is 22.7 Å². The summed E-state index contributed by atoms with van der Waals surface area (Å²) in [6.07, 6.45) is 1.71. The number of nitrogens with zero attached hydrogens (tertiary/aromatic N) is 2. The number of rotatable bonds is 5. The molecule has 1 saturated heterocycles. The maximum Gasteiger partial charge on any atom is 0.416 e. The largest absolute Gasteiger partial charge is 0.416 e. The predicted octanol–water partition coefficient (Wildman–Crippen LogP) is 3.94. The van der Waals surface area contributed by atoms with Crippen LogP contribution in [-0.2, 0) is 22.3 Å². The third kappa shape index (κ3) is 7.50. The van der Waals surface area contributed by atoms with Crippen LogP contribution in [0.15, 0.2) is 29.3 Å². The third-order valence-electron chi connectivity index (χ3n) is 5.93. The molecular weight excluding hydrogens is 536 g/mol. The van der Waals surface area contributed by atoms with Gasteiger partial charge in [0.15, 0.2) is 5.96 Å². The first-order valence-electron chi connectivity index (χ1n) is 10.7. The summed E-state index contributed by atoms with van der Waals surface area (Å²) in [5, 5.41) is 6.41. The lowest BCUT2D eigenvalue weighted by atomic mass is 9.89. The van der Waals surface area contributed by atoms with Gasteiger partial charge in [-0.1, -0.05) is 25.0 Å². The standard InChI is InChI=1S/C22H31F3N4O2.HI/c1-29(2)19(30)15-27-20(26-14-16-6-5-7-17(12-16)22(23,24)25)28-18-8-11-31-21(13-18)9-3-4-10-21;/h5-7,12,18H,3-4,8-11,13-15H2,1-2H3,(H2,26,27,28);1H. The van der Waals surface area contributed by atoms with Crippen LogP contribution >= 0.6 is 24.0 Å². The van der Waals surface area contributed by atoms with Gasteiger partial charge in [-0.2, -0.15) is 13.2 Å². The number of carbonyl (C=O) groups excluding carboxylic acids is 1. The minimum absolute atomic E-state index is 0. The molecule has 1 aromatic rings. The van der Waals surface area contributed by atoms with Crippen LogP contribution in [0, 0.1) is 0 Å². The summed E-state index contributed by atoms with van der Waals surface area (Å²) in [7, 11) is 3.33. The van der Waals surface area contributed by atoms with Crippen molar-refractivity contribution in [3.8, 4) is 0 Å². The van der Waals surface area contributed by atoms with Gasteiger partial charge >= 0.3 is 6.18 Å². The SMILES string of the molecule is CN(C)C(=O)CNC(=NCc1cccc(C(F)(F)F)c1)NC1CCOC2(CCCC2)C1.I. The minimum Gasteiger partial charge on any atom is -0.375 e. The maximum absolute atomic E-state index is 13.0. The lowest BCUT2D eigenvalue weighted by molar-refractivity contribution is -0.137. The highest BCUT2D eigenvalue weighted by Crippen LogP contribution is 2.40. The van der Waals surface area contributed by atoms with Gasteiger partial charge in [0.2, 0.25) is 5.91 Å². The van der Waals surface area contributed by atoms with Crippen LogP contribution in [-0.4, -0.2) is 55.7 Å². The number of carbonyl (C=O) groups is 1. The number of guanidine groups is 1. The summed E-state index contributed by atoms with van der Waals surface area (Å²) in [6, 6.07) is 5.28. The summed E-state index contributed by atoms with van der Waals surface area (Å²) >= 11 is 0. The van der Waals surface area contributed by atoms with E-state index in [1.165, 1.54) is 23.8 Å². The van der Waals surface area contributed by atoms with Crippen LogP contribution in [0.1, 0.15) is 49.7 Å². The molecule has 6 nitrogen and oxygen atoms in total. The van der Waals surface area contributed by atoms with E-state index in [2.05, 4.69) is 15.6 Å². The Balaban J connectivity index is 0.00000363. The Morgan fingerprint density at radius 1 is 1.28 bits per heavy atom. The number of likely N-dealkylation sites (N-methyl/N-ethyl adjacent to an activating group) is 1. The van der Waals surface area contributed by atoms with Crippen LogP contribution in [0.3, 0.4) is 0 Å². The van der Waals surface area contributed by atoms with E-state index in [1.54, 1.807) is 20.2 Å². The van der Waals surface area contributed by atoms with Gasteiger partial charge in [0.05, 0.1) is 24.3 Å². The second-order valence-electron chi connectivity index (χ2n) is 8.58. The molecule has 10 heteroatoms. The van der Waals surface area contributed by atoms with E-state index in [-0.39, 0.29) is 54.6 Å². The van der Waals surface area contributed by atoms with Crippen LogP contribution < -0.4 is 10.6 Å². The molecule has 2 N–H and O–H groups in total. The number of amides is 1. The molecule has 2 aliphatic rings. The number of alkyl halides is 3. The molecule has 1 saturated carbocycles. The van der Waals surface area contributed by atoms with E-state index >= 15 is 0 Å². The van der Waals surface area contributed by atoms with Gasteiger partial charge < -0.3 is 20.3 Å². The molecule has 180 valence electrons. The van der Waals surface area contributed by atoms with Gasteiger partial charge in [0.25, 0.3) is 0 Å². The molecule has 1 aliphatic heterocycles. The molecule has 0 aromatic heterocycles. The topological polar surface area (TPSA) is 66.0 Å². The van der Waals surface area contributed by atoms with E-state index in [9.17, 15) is 18.0 Å². The Morgan fingerprint density at radius 2 is 2.00 bits per heavy atom. The number of nitrogens with one attached hydrogen (secondary N) is 2. The van der Waals surface area contributed by atoms with Crippen molar-refractivity contribution in [2.24, 2.45) is 4.99 Å². The summed E-state index contributed by atoms with van der Waals surface area (Å²) in [6.45, 7) is 0.786.